The van der Waals surface area contributed by atoms with Gasteiger partial charge in [-0.05, 0) is 12.1 Å². The molecule has 0 unspecified atom stereocenters. The molecule has 0 fully saturated rings. The average molecular weight is 165 g/mol. The van der Waals surface area contributed by atoms with E-state index in [-0.39, 0.29) is 68.6 Å². The first-order chi connectivity index (χ1) is 4.20. The number of rotatable bonds is 0. The second-order valence-corrected chi connectivity index (χ2v) is 1.67. The SMILES string of the molecule is Oc1ccc(O)c(O)c1.[K]. The van der Waals surface area contributed by atoms with Crippen LogP contribution < -0.4 is 0 Å². The molecule has 0 aliphatic heterocycles. The first kappa shape index (κ1) is 10.3. The van der Waals surface area contributed by atoms with E-state index in [0.717, 1.165) is 6.07 Å². The summed E-state index contributed by atoms with van der Waals surface area (Å²) in [5.41, 5.74) is 0. The van der Waals surface area contributed by atoms with Gasteiger partial charge in [-0.3, -0.25) is 0 Å². The van der Waals surface area contributed by atoms with Crippen molar-refractivity contribution in [3.63, 3.8) is 0 Å². The zero-order valence-electron chi connectivity index (χ0n) is 5.57. The van der Waals surface area contributed by atoms with Gasteiger partial charge in [0.1, 0.15) is 5.75 Å². The van der Waals surface area contributed by atoms with Crippen LogP contribution in [0.1, 0.15) is 0 Å². The van der Waals surface area contributed by atoms with Crippen molar-refractivity contribution in [3.8, 4) is 17.2 Å². The summed E-state index contributed by atoms with van der Waals surface area (Å²) in [5.74, 6) is -0.604. The summed E-state index contributed by atoms with van der Waals surface area (Å²) in [7, 11) is 0. The van der Waals surface area contributed by atoms with Crippen LogP contribution in [-0.2, 0) is 0 Å². The third kappa shape index (κ3) is 2.47. The van der Waals surface area contributed by atoms with Crippen LogP contribution in [-0.4, -0.2) is 66.7 Å². The summed E-state index contributed by atoms with van der Waals surface area (Å²) < 4.78 is 0. The Morgan fingerprint density at radius 1 is 0.900 bits per heavy atom. The van der Waals surface area contributed by atoms with Gasteiger partial charge < -0.3 is 15.3 Å². The maximum Gasteiger partial charge on any atom is 0.161 e. The number of hydrogen-bond donors (Lipinski definition) is 3. The predicted octanol–water partition coefficient (Wildman–Crippen LogP) is 0.423. The van der Waals surface area contributed by atoms with Gasteiger partial charge in [-0.25, -0.2) is 0 Å². The van der Waals surface area contributed by atoms with Crippen LogP contribution in [0.25, 0.3) is 0 Å². The standard InChI is InChI=1S/C6H6O3.K/c7-4-1-2-5(8)6(9)3-4;/h1-3,7-9H;. The van der Waals surface area contributed by atoms with Crippen LogP contribution in [0.3, 0.4) is 0 Å². The van der Waals surface area contributed by atoms with E-state index in [2.05, 4.69) is 0 Å². The molecular formula is C6H6KO3. The van der Waals surface area contributed by atoms with Crippen LogP contribution in [0.15, 0.2) is 18.2 Å². The van der Waals surface area contributed by atoms with Gasteiger partial charge in [0, 0.05) is 57.5 Å². The number of phenolic OH excluding ortho intramolecular Hbond substituents is 3. The molecule has 1 aromatic carbocycles. The van der Waals surface area contributed by atoms with Crippen LogP contribution in [0.5, 0.6) is 17.2 Å². The molecule has 0 aromatic heterocycles. The second-order valence-electron chi connectivity index (χ2n) is 1.67. The van der Waals surface area contributed by atoms with Gasteiger partial charge in [-0.1, -0.05) is 0 Å². The maximum absolute atomic E-state index is 8.69. The van der Waals surface area contributed by atoms with Crippen LogP contribution in [0.4, 0.5) is 0 Å². The van der Waals surface area contributed by atoms with Crippen molar-refractivity contribution in [2.75, 3.05) is 0 Å². The predicted molar refractivity (Wildman–Crippen MR) is 37.2 cm³/mol. The monoisotopic (exact) mass is 165 g/mol. The van der Waals surface area contributed by atoms with Gasteiger partial charge in [0.15, 0.2) is 11.5 Å². The fourth-order valence-corrected chi connectivity index (χ4v) is 0.512. The first-order valence-electron chi connectivity index (χ1n) is 2.41. The third-order valence-electron chi connectivity index (χ3n) is 0.959. The Morgan fingerprint density at radius 3 is 1.90 bits per heavy atom. The minimum absolute atomic E-state index is 0. The number of hydrogen-bond acceptors (Lipinski definition) is 3. The molecule has 0 aliphatic rings. The molecule has 1 aromatic rings. The minimum Gasteiger partial charge on any atom is -0.508 e. The number of phenols is 3. The summed E-state index contributed by atoms with van der Waals surface area (Å²) in [6.07, 6.45) is 0. The van der Waals surface area contributed by atoms with Crippen LogP contribution in [0.2, 0.25) is 0 Å². The largest absolute Gasteiger partial charge is 0.508 e. The summed E-state index contributed by atoms with van der Waals surface area (Å²) >= 11 is 0. The molecule has 49 valence electrons. The molecular weight excluding hydrogens is 159 g/mol. The number of aromatic hydroxyl groups is 3. The molecule has 0 spiro atoms. The van der Waals surface area contributed by atoms with E-state index in [4.69, 9.17) is 15.3 Å². The van der Waals surface area contributed by atoms with Crippen molar-refractivity contribution >= 4 is 51.4 Å². The Morgan fingerprint density at radius 2 is 1.50 bits per heavy atom. The molecule has 3 nitrogen and oxygen atoms in total. The Labute approximate surface area is 101 Å². The molecule has 0 bridgehead atoms. The number of benzene rings is 1. The molecule has 0 amide bonds. The van der Waals surface area contributed by atoms with E-state index in [9.17, 15) is 0 Å². The smallest absolute Gasteiger partial charge is 0.161 e. The molecule has 0 atom stereocenters. The zero-order chi connectivity index (χ0) is 6.85. The van der Waals surface area contributed by atoms with Gasteiger partial charge in [0.25, 0.3) is 0 Å². The quantitative estimate of drug-likeness (QED) is 0.296. The van der Waals surface area contributed by atoms with Gasteiger partial charge in [0.05, 0.1) is 0 Å². The fraction of sp³-hybridized carbons (Fsp3) is 0. The van der Waals surface area contributed by atoms with Crippen LogP contribution >= 0.6 is 0 Å². The molecule has 4 heteroatoms. The third-order valence-corrected chi connectivity index (χ3v) is 0.959. The van der Waals surface area contributed by atoms with E-state index < -0.39 is 0 Å². The Kier molecular flexibility index (Phi) is 4.31. The zero-order valence-corrected chi connectivity index (χ0v) is 8.70. The Bertz CT molecular complexity index is 224. The summed E-state index contributed by atoms with van der Waals surface area (Å²) in [4.78, 5) is 0. The van der Waals surface area contributed by atoms with E-state index in [1.54, 1.807) is 0 Å². The fourth-order valence-electron chi connectivity index (χ4n) is 0.512. The average Bonchev–Trinajstić information content (AvgIpc) is 1.80. The normalized spacial score (nSPS) is 8.40. The van der Waals surface area contributed by atoms with Crippen molar-refractivity contribution in [3.05, 3.63) is 18.2 Å². The Balaban J connectivity index is 0.000000810. The molecule has 0 heterocycles. The molecule has 0 saturated heterocycles. The summed E-state index contributed by atoms with van der Waals surface area (Å²) in [6, 6.07) is 3.56. The molecule has 0 aliphatic carbocycles. The van der Waals surface area contributed by atoms with Crippen LogP contribution in [0, 0.1) is 0 Å². The minimum atomic E-state index is -0.310. The van der Waals surface area contributed by atoms with E-state index in [1.807, 2.05) is 0 Å². The van der Waals surface area contributed by atoms with Gasteiger partial charge >= 0.3 is 0 Å². The first-order valence-corrected chi connectivity index (χ1v) is 2.41. The van der Waals surface area contributed by atoms with E-state index in [1.165, 1.54) is 12.1 Å². The molecule has 10 heavy (non-hydrogen) atoms. The molecule has 0 saturated carbocycles. The Hall–Kier alpha value is 0.256. The molecule has 3 N–H and O–H groups in total. The van der Waals surface area contributed by atoms with Crippen molar-refractivity contribution in [2.24, 2.45) is 0 Å². The topological polar surface area (TPSA) is 60.7 Å². The molecule has 1 radical (unpaired) electrons. The summed E-state index contributed by atoms with van der Waals surface area (Å²) in [6.45, 7) is 0. The van der Waals surface area contributed by atoms with Crippen molar-refractivity contribution in [1.29, 1.82) is 0 Å². The van der Waals surface area contributed by atoms with Gasteiger partial charge in [-0.2, -0.15) is 0 Å². The van der Waals surface area contributed by atoms with Crippen molar-refractivity contribution in [1.82, 2.24) is 0 Å². The van der Waals surface area contributed by atoms with E-state index >= 15 is 0 Å². The second kappa shape index (κ2) is 4.20. The van der Waals surface area contributed by atoms with Crippen molar-refractivity contribution in [2.45, 2.75) is 0 Å². The summed E-state index contributed by atoms with van der Waals surface area (Å²) in [5, 5.41) is 26.0. The van der Waals surface area contributed by atoms with Crippen molar-refractivity contribution < 1.29 is 15.3 Å². The molecule has 1 rings (SSSR count). The van der Waals surface area contributed by atoms with E-state index in [0.29, 0.717) is 0 Å². The maximum atomic E-state index is 8.69. The van der Waals surface area contributed by atoms with Gasteiger partial charge in [0.2, 0.25) is 0 Å². The van der Waals surface area contributed by atoms with Gasteiger partial charge in [-0.15, -0.1) is 0 Å².